The Bertz CT molecular complexity index is 687. The number of para-hydroxylation sites is 1. The van der Waals surface area contributed by atoms with Gasteiger partial charge in [-0.05, 0) is 50.7 Å². The van der Waals surface area contributed by atoms with E-state index in [0.717, 1.165) is 31.2 Å². The van der Waals surface area contributed by atoms with E-state index in [0.29, 0.717) is 13.0 Å². The number of hydrogen-bond donors (Lipinski definition) is 3. The summed E-state index contributed by atoms with van der Waals surface area (Å²) >= 11 is 0. The van der Waals surface area contributed by atoms with Crippen LogP contribution in [0.2, 0.25) is 0 Å². The van der Waals surface area contributed by atoms with Crippen LogP contribution in [0.5, 0.6) is 0 Å². The monoisotopic (exact) mass is 482 g/mol. The van der Waals surface area contributed by atoms with Crippen LogP contribution in [-0.4, -0.2) is 31.5 Å². The summed E-state index contributed by atoms with van der Waals surface area (Å²) in [6.45, 7) is 4.42. The van der Waals surface area contributed by atoms with Crippen LogP contribution >= 0.6 is 24.0 Å². The van der Waals surface area contributed by atoms with Crippen LogP contribution in [0.3, 0.4) is 0 Å². The lowest BCUT2D eigenvalue weighted by Gasteiger charge is -2.24. The number of nitrogens with zero attached hydrogens (tertiary/aromatic N) is 1. The van der Waals surface area contributed by atoms with Gasteiger partial charge in [0.2, 0.25) is 5.91 Å². The molecule has 3 rings (SSSR count). The molecule has 1 unspecified atom stereocenters. The van der Waals surface area contributed by atoms with E-state index in [4.69, 9.17) is 4.99 Å². The number of halogens is 1. The van der Waals surface area contributed by atoms with Gasteiger partial charge in [0.1, 0.15) is 0 Å². The third kappa shape index (κ3) is 6.52. The minimum Gasteiger partial charge on any atom is -0.357 e. The van der Waals surface area contributed by atoms with Crippen molar-refractivity contribution in [3.05, 3.63) is 41.5 Å². The Balaban J connectivity index is 0.00000261. The summed E-state index contributed by atoms with van der Waals surface area (Å²) in [6, 6.07) is 8.03. The fraction of sp³-hybridized carbons (Fsp3) is 0.524. The number of guanidine groups is 1. The second kappa shape index (κ2) is 11.3. The molecule has 1 amide bonds. The molecule has 6 heteroatoms. The van der Waals surface area contributed by atoms with Gasteiger partial charge >= 0.3 is 0 Å². The molecule has 1 aliphatic carbocycles. The predicted octanol–water partition coefficient (Wildman–Crippen LogP) is 4.18. The van der Waals surface area contributed by atoms with Crippen LogP contribution in [-0.2, 0) is 4.79 Å². The largest absolute Gasteiger partial charge is 0.357 e. The van der Waals surface area contributed by atoms with Crippen LogP contribution in [0.15, 0.2) is 40.9 Å². The van der Waals surface area contributed by atoms with E-state index in [2.05, 4.69) is 35.0 Å². The molecular formula is C21H31IN4O. The second-order valence-electron chi connectivity index (χ2n) is 7.04. The third-order valence-electron chi connectivity index (χ3n) is 5.04. The summed E-state index contributed by atoms with van der Waals surface area (Å²) in [4.78, 5) is 16.7. The van der Waals surface area contributed by atoms with E-state index in [1.54, 1.807) is 5.57 Å². The number of nitrogens with one attached hydrogen (secondary N) is 3. The van der Waals surface area contributed by atoms with E-state index in [1.807, 2.05) is 18.2 Å². The average Bonchev–Trinajstić information content (AvgIpc) is 2.66. The number of allylic oxidation sites excluding steroid dienone is 1. The standard InChI is InChI=1S/C21H30N4O.HI/c1-2-22-21(23-13-12-16-8-4-3-5-9-16)24-15-17-14-20(26)25-19-11-7-6-10-18(17)19;/h6-8,10-11,17H,2-5,9,12-15H2,1H3,(H,25,26)(H2,22,23,24);1H. The lowest BCUT2D eigenvalue weighted by molar-refractivity contribution is -0.116. The highest BCUT2D eigenvalue weighted by molar-refractivity contribution is 14.0. The molecule has 148 valence electrons. The smallest absolute Gasteiger partial charge is 0.225 e. The zero-order chi connectivity index (χ0) is 18.2. The lowest BCUT2D eigenvalue weighted by Crippen LogP contribution is -2.38. The molecule has 27 heavy (non-hydrogen) atoms. The van der Waals surface area contributed by atoms with Crippen molar-refractivity contribution in [1.82, 2.24) is 10.6 Å². The van der Waals surface area contributed by atoms with Crippen LogP contribution in [0.4, 0.5) is 5.69 Å². The molecular weight excluding hydrogens is 451 g/mol. The summed E-state index contributed by atoms with van der Waals surface area (Å²) in [7, 11) is 0. The van der Waals surface area contributed by atoms with Gasteiger partial charge in [0, 0.05) is 31.1 Å². The molecule has 0 radical (unpaired) electrons. The number of benzene rings is 1. The Labute approximate surface area is 179 Å². The molecule has 2 aliphatic rings. The van der Waals surface area contributed by atoms with E-state index in [9.17, 15) is 4.79 Å². The van der Waals surface area contributed by atoms with Crippen molar-refractivity contribution >= 4 is 41.5 Å². The maximum absolute atomic E-state index is 12.0. The van der Waals surface area contributed by atoms with E-state index in [-0.39, 0.29) is 35.8 Å². The third-order valence-corrected chi connectivity index (χ3v) is 5.04. The Morgan fingerprint density at radius 3 is 2.89 bits per heavy atom. The number of carbonyl (C=O) groups is 1. The van der Waals surface area contributed by atoms with Crippen LogP contribution in [0.25, 0.3) is 0 Å². The molecule has 0 saturated heterocycles. The first-order valence-corrected chi connectivity index (χ1v) is 9.85. The zero-order valence-electron chi connectivity index (χ0n) is 16.1. The first-order valence-electron chi connectivity index (χ1n) is 9.85. The fourth-order valence-electron chi connectivity index (χ4n) is 3.68. The number of aliphatic imine (C=N–C) groups is 1. The Kier molecular flexibility index (Phi) is 9.10. The van der Waals surface area contributed by atoms with Crippen molar-refractivity contribution in [3.8, 4) is 0 Å². The SMILES string of the molecule is CCNC(=NCC1CC(=O)Nc2ccccc21)NCCC1=CCCCC1.I. The molecule has 1 heterocycles. The van der Waals surface area contributed by atoms with Gasteiger partial charge in [-0.3, -0.25) is 9.79 Å². The summed E-state index contributed by atoms with van der Waals surface area (Å²) in [5.74, 6) is 1.05. The Hall–Kier alpha value is -1.57. The topological polar surface area (TPSA) is 65.5 Å². The van der Waals surface area contributed by atoms with Gasteiger partial charge in [-0.2, -0.15) is 0 Å². The van der Waals surface area contributed by atoms with Crippen LogP contribution in [0.1, 0.15) is 56.9 Å². The molecule has 0 fully saturated rings. The molecule has 0 spiro atoms. The van der Waals surface area contributed by atoms with Gasteiger partial charge in [0.25, 0.3) is 0 Å². The maximum atomic E-state index is 12.0. The van der Waals surface area contributed by atoms with Gasteiger partial charge in [0.15, 0.2) is 5.96 Å². The van der Waals surface area contributed by atoms with Gasteiger partial charge in [-0.25, -0.2) is 0 Å². The first-order chi connectivity index (χ1) is 12.8. The Morgan fingerprint density at radius 1 is 1.26 bits per heavy atom. The van der Waals surface area contributed by atoms with Crippen molar-refractivity contribution < 1.29 is 4.79 Å². The number of rotatable bonds is 6. The van der Waals surface area contributed by atoms with Crippen molar-refractivity contribution in [3.63, 3.8) is 0 Å². The minimum absolute atomic E-state index is 0. The quantitative estimate of drug-likeness (QED) is 0.247. The normalized spacial score (nSPS) is 19.3. The first kappa shape index (κ1) is 21.7. The van der Waals surface area contributed by atoms with Crippen molar-refractivity contribution in [2.24, 2.45) is 4.99 Å². The maximum Gasteiger partial charge on any atom is 0.225 e. The van der Waals surface area contributed by atoms with E-state index >= 15 is 0 Å². The molecule has 3 N–H and O–H groups in total. The number of hydrogen-bond acceptors (Lipinski definition) is 2. The molecule has 5 nitrogen and oxygen atoms in total. The highest BCUT2D eigenvalue weighted by atomic mass is 127. The summed E-state index contributed by atoms with van der Waals surface area (Å²) in [6.07, 6.45) is 9.09. The summed E-state index contributed by atoms with van der Waals surface area (Å²) < 4.78 is 0. The number of fused-ring (bicyclic) bond motifs is 1. The number of amides is 1. The molecule has 1 aromatic rings. The van der Waals surface area contributed by atoms with Gasteiger partial charge in [0.05, 0.1) is 6.54 Å². The molecule has 0 aromatic heterocycles. The van der Waals surface area contributed by atoms with E-state index in [1.165, 1.54) is 31.2 Å². The van der Waals surface area contributed by atoms with Crippen molar-refractivity contribution in [2.75, 3.05) is 25.0 Å². The van der Waals surface area contributed by atoms with Gasteiger partial charge in [-0.15, -0.1) is 24.0 Å². The predicted molar refractivity (Wildman–Crippen MR) is 123 cm³/mol. The molecule has 1 aliphatic heterocycles. The second-order valence-corrected chi connectivity index (χ2v) is 7.04. The average molecular weight is 482 g/mol. The lowest BCUT2D eigenvalue weighted by atomic mass is 9.91. The fourth-order valence-corrected chi connectivity index (χ4v) is 3.68. The minimum atomic E-state index is 0. The molecule has 1 atom stereocenters. The Morgan fingerprint density at radius 2 is 2.11 bits per heavy atom. The van der Waals surface area contributed by atoms with Crippen molar-refractivity contribution in [2.45, 2.75) is 51.4 Å². The number of carbonyl (C=O) groups excluding carboxylic acids is 1. The summed E-state index contributed by atoms with van der Waals surface area (Å²) in [5.41, 5.74) is 3.67. The highest BCUT2D eigenvalue weighted by Crippen LogP contribution is 2.31. The van der Waals surface area contributed by atoms with E-state index < -0.39 is 0 Å². The molecule has 1 aromatic carbocycles. The van der Waals surface area contributed by atoms with Gasteiger partial charge in [-0.1, -0.05) is 29.8 Å². The highest BCUT2D eigenvalue weighted by Gasteiger charge is 2.24. The van der Waals surface area contributed by atoms with Crippen LogP contribution in [0, 0.1) is 0 Å². The zero-order valence-corrected chi connectivity index (χ0v) is 18.4. The van der Waals surface area contributed by atoms with Crippen molar-refractivity contribution in [1.29, 1.82) is 0 Å². The van der Waals surface area contributed by atoms with Gasteiger partial charge < -0.3 is 16.0 Å². The summed E-state index contributed by atoms with van der Waals surface area (Å²) in [5, 5.41) is 9.70. The van der Waals surface area contributed by atoms with Crippen LogP contribution < -0.4 is 16.0 Å². The molecule has 0 saturated carbocycles. The number of anilines is 1. The molecule has 0 bridgehead atoms.